The molecule has 6 heteroatoms. The average molecular weight is 311 g/mol. The summed E-state index contributed by atoms with van der Waals surface area (Å²) in [5.41, 5.74) is 8.58. The highest BCUT2D eigenvalue weighted by Crippen LogP contribution is 2.41. The van der Waals surface area contributed by atoms with Gasteiger partial charge in [0.2, 0.25) is 5.95 Å². The van der Waals surface area contributed by atoms with Crippen LogP contribution in [0.4, 0.5) is 5.95 Å². The molecule has 3 N–H and O–H groups in total. The highest BCUT2D eigenvalue weighted by atomic mass is 16.2. The fourth-order valence-electron chi connectivity index (χ4n) is 3.47. The van der Waals surface area contributed by atoms with E-state index in [1.54, 1.807) is 6.20 Å². The number of hydrogen-bond donors (Lipinski definition) is 2. The van der Waals surface area contributed by atoms with Crippen LogP contribution in [-0.2, 0) is 0 Å². The smallest absolute Gasteiger partial charge is 0.255 e. The van der Waals surface area contributed by atoms with Gasteiger partial charge in [-0.3, -0.25) is 4.79 Å². The molecule has 2 aromatic rings. The first-order valence-corrected chi connectivity index (χ1v) is 8.27. The van der Waals surface area contributed by atoms with Crippen molar-refractivity contribution in [3.05, 3.63) is 41.5 Å². The van der Waals surface area contributed by atoms with Crippen molar-refractivity contribution >= 4 is 11.9 Å². The molecule has 1 amide bonds. The molecule has 0 spiro atoms. The maximum atomic E-state index is 12.9. The van der Waals surface area contributed by atoms with Crippen LogP contribution in [0.15, 0.2) is 24.5 Å². The highest BCUT2D eigenvalue weighted by Gasteiger charge is 2.32. The zero-order chi connectivity index (χ0) is 15.8. The Labute approximate surface area is 135 Å². The molecule has 0 radical (unpaired) electrons. The van der Waals surface area contributed by atoms with Gasteiger partial charge in [0, 0.05) is 37.1 Å². The molecular formula is C17H21N5O. The molecule has 6 nitrogen and oxygen atoms in total. The van der Waals surface area contributed by atoms with Crippen molar-refractivity contribution < 1.29 is 4.79 Å². The van der Waals surface area contributed by atoms with Crippen molar-refractivity contribution in [3.8, 4) is 0 Å². The number of nitrogen functional groups attached to an aromatic ring is 1. The number of hydrogen-bond acceptors (Lipinski definition) is 4. The Morgan fingerprint density at radius 2 is 2.13 bits per heavy atom. The third kappa shape index (κ3) is 2.81. The molecular weight excluding hydrogens is 290 g/mol. The van der Waals surface area contributed by atoms with Crippen LogP contribution in [0.2, 0.25) is 0 Å². The second-order valence-electron chi connectivity index (χ2n) is 6.51. The van der Waals surface area contributed by atoms with Gasteiger partial charge in [-0.25, -0.2) is 9.97 Å². The predicted octanol–water partition coefficient (Wildman–Crippen LogP) is 2.28. The first-order chi connectivity index (χ1) is 11.2. The monoisotopic (exact) mass is 311 g/mol. The highest BCUT2D eigenvalue weighted by molar-refractivity contribution is 5.95. The standard InChI is InChI=1S/C17H21N5O/c18-17-20-8-6-14(21-17)12-2-1-9-22(10-12)16(23)13-5-7-19-15(13)11-3-4-11/h5-8,11-12,19H,1-4,9-10H2,(H2,18,20,21). The predicted molar refractivity (Wildman–Crippen MR) is 87.1 cm³/mol. The summed E-state index contributed by atoms with van der Waals surface area (Å²) in [6.45, 7) is 1.51. The maximum absolute atomic E-state index is 12.9. The first-order valence-electron chi connectivity index (χ1n) is 8.27. The van der Waals surface area contributed by atoms with E-state index >= 15 is 0 Å². The summed E-state index contributed by atoms with van der Waals surface area (Å²) in [6.07, 6.45) is 7.96. The summed E-state index contributed by atoms with van der Waals surface area (Å²) >= 11 is 0. The Balaban J connectivity index is 1.52. The molecule has 1 aliphatic carbocycles. The number of aromatic amines is 1. The van der Waals surface area contributed by atoms with Crippen molar-refractivity contribution in [1.29, 1.82) is 0 Å². The quantitative estimate of drug-likeness (QED) is 0.910. The Hall–Kier alpha value is -2.37. The Kier molecular flexibility index (Phi) is 3.52. The fraction of sp³-hybridized carbons (Fsp3) is 0.471. The van der Waals surface area contributed by atoms with E-state index in [9.17, 15) is 4.79 Å². The van der Waals surface area contributed by atoms with Crippen molar-refractivity contribution in [2.75, 3.05) is 18.8 Å². The van der Waals surface area contributed by atoms with Crippen LogP contribution in [0, 0.1) is 0 Å². The number of carbonyl (C=O) groups excluding carboxylic acids is 1. The van der Waals surface area contributed by atoms with E-state index in [1.165, 1.54) is 12.8 Å². The van der Waals surface area contributed by atoms with E-state index in [4.69, 9.17) is 5.73 Å². The number of nitrogens with one attached hydrogen (secondary N) is 1. The largest absolute Gasteiger partial charge is 0.368 e. The van der Waals surface area contributed by atoms with Crippen molar-refractivity contribution in [1.82, 2.24) is 19.9 Å². The lowest BCUT2D eigenvalue weighted by molar-refractivity contribution is 0.0705. The van der Waals surface area contributed by atoms with Gasteiger partial charge in [-0.1, -0.05) is 0 Å². The normalized spacial score (nSPS) is 21.4. The van der Waals surface area contributed by atoms with Crippen molar-refractivity contribution in [2.45, 2.75) is 37.5 Å². The van der Waals surface area contributed by atoms with E-state index < -0.39 is 0 Å². The Bertz CT molecular complexity index is 721. The Morgan fingerprint density at radius 1 is 1.26 bits per heavy atom. The lowest BCUT2D eigenvalue weighted by Gasteiger charge is -2.32. The van der Waals surface area contributed by atoms with Crippen LogP contribution in [0.5, 0.6) is 0 Å². The molecule has 1 saturated carbocycles. The number of amides is 1. The van der Waals surface area contributed by atoms with Crippen LogP contribution in [0.3, 0.4) is 0 Å². The molecule has 2 fully saturated rings. The van der Waals surface area contributed by atoms with Crippen LogP contribution < -0.4 is 5.73 Å². The van der Waals surface area contributed by atoms with Crippen LogP contribution in [-0.4, -0.2) is 38.8 Å². The SMILES string of the molecule is Nc1nccc(C2CCCN(C(=O)c3cc[nH]c3C3CC3)C2)n1. The molecule has 1 aliphatic heterocycles. The lowest BCUT2D eigenvalue weighted by Crippen LogP contribution is -2.39. The average Bonchev–Trinajstić information content (AvgIpc) is 3.31. The van der Waals surface area contributed by atoms with E-state index in [2.05, 4.69) is 15.0 Å². The lowest BCUT2D eigenvalue weighted by atomic mass is 9.94. The summed E-state index contributed by atoms with van der Waals surface area (Å²) < 4.78 is 0. The molecule has 120 valence electrons. The van der Waals surface area contributed by atoms with Gasteiger partial charge in [-0.15, -0.1) is 0 Å². The van der Waals surface area contributed by atoms with Crippen molar-refractivity contribution in [2.24, 2.45) is 0 Å². The van der Waals surface area contributed by atoms with Gasteiger partial charge in [0.05, 0.1) is 11.3 Å². The molecule has 1 atom stereocenters. The van der Waals surface area contributed by atoms with Gasteiger partial charge in [0.25, 0.3) is 5.91 Å². The van der Waals surface area contributed by atoms with Gasteiger partial charge >= 0.3 is 0 Å². The van der Waals surface area contributed by atoms with E-state index in [0.29, 0.717) is 18.4 Å². The molecule has 1 saturated heterocycles. The number of nitrogens with zero attached hydrogens (tertiary/aromatic N) is 3. The zero-order valence-electron chi connectivity index (χ0n) is 13.0. The number of carbonyl (C=O) groups is 1. The number of rotatable bonds is 3. The minimum atomic E-state index is 0.139. The molecule has 2 aliphatic rings. The molecule has 4 rings (SSSR count). The van der Waals surface area contributed by atoms with E-state index in [1.807, 2.05) is 23.2 Å². The third-order valence-corrected chi connectivity index (χ3v) is 4.82. The van der Waals surface area contributed by atoms with Crippen LogP contribution in [0.25, 0.3) is 0 Å². The molecule has 23 heavy (non-hydrogen) atoms. The van der Waals surface area contributed by atoms with Gasteiger partial charge in [-0.2, -0.15) is 0 Å². The topological polar surface area (TPSA) is 87.9 Å². The molecule has 0 bridgehead atoms. The Morgan fingerprint density at radius 3 is 2.91 bits per heavy atom. The summed E-state index contributed by atoms with van der Waals surface area (Å²) in [5.74, 6) is 1.22. The van der Waals surface area contributed by atoms with Crippen LogP contribution in [0.1, 0.15) is 59.3 Å². The summed E-state index contributed by atoms with van der Waals surface area (Å²) in [6, 6.07) is 3.82. The molecule has 1 unspecified atom stereocenters. The summed E-state index contributed by atoms with van der Waals surface area (Å²) in [5, 5.41) is 0. The molecule has 2 aromatic heterocycles. The first kappa shape index (κ1) is 14.2. The minimum Gasteiger partial charge on any atom is -0.368 e. The fourth-order valence-corrected chi connectivity index (χ4v) is 3.47. The van der Waals surface area contributed by atoms with Crippen molar-refractivity contribution in [3.63, 3.8) is 0 Å². The molecule has 0 aromatic carbocycles. The van der Waals surface area contributed by atoms with Gasteiger partial charge < -0.3 is 15.6 Å². The molecule has 3 heterocycles. The second-order valence-corrected chi connectivity index (χ2v) is 6.51. The zero-order valence-corrected chi connectivity index (χ0v) is 13.0. The second kappa shape index (κ2) is 5.68. The summed E-state index contributed by atoms with van der Waals surface area (Å²) in [7, 11) is 0. The number of H-pyrrole nitrogens is 1. The number of piperidine rings is 1. The maximum Gasteiger partial charge on any atom is 0.255 e. The number of aromatic nitrogens is 3. The third-order valence-electron chi connectivity index (χ3n) is 4.82. The van der Waals surface area contributed by atoms with Crippen LogP contribution >= 0.6 is 0 Å². The van der Waals surface area contributed by atoms with Gasteiger partial charge in [-0.05, 0) is 43.7 Å². The number of likely N-dealkylation sites (tertiary alicyclic amines) is 1. The van der Waals surface area contributed by atoms with E-state index in [0.717, 1.165) is 36.3 Å². The van der Waals surface area contributed by atoms with Gasteiger partial charge in [0.1, 0.15) is 0 Å². The number of nitrogens with two attached hydrogens (primary N) is 1. The van der Waals surface area contributed by atoms with E-state index in [-0.39, 0.29) is 11.8 Å². The van der Waals surface area contributed by atoms with Gasteiger partial charge in [0.15, 0.2) is 0 Å². The number of anilines is 1. The minimum absolute atomic E-state index is 0.139. The summed E-state index contributed by atoms with van der Waals surface area (Å²) in [4.78, 5) is 26.4.